The van der Waals surface area contributed by atoms with Crippen molar-refractivity contribution in [2.45, 2.75) is 52.1 Å². The molecule has 1 saturated carbocycles. The van der Waals surface area contributed by atoms with Gasteiger partial charge in [0, 0.05) is 30.7 Å². The van der Waals surface area contributed by atoms with Crippen molar-refractivity contribution in [3.05, 3.63) is 71.0 Å². The zero-order chi connectivity index (χ0) is 28.2. The van der Waals surface area contributed by atoms with Gasteiger partial charge in [-0.05, 0) is 42.4 Å². The Labute approximate surface area is 238 Å². The number of carboxylic acid groups (broad SMARTS) is 1. The van der Waals surface area contributed by atoms with E-state index < -0.39 is 6.09 Å². The lowest BCUT2D eigenvalue weighted by Crippen LogP contribution is -2.24. The summed E-state index contributed by atoms with van der Waals surface area (Å²) in [6.07, 6.45) is 4.58. The first kappa shape index (κ1) is 27.6. The fraction of sp³-hybridized carbons (Fsp3) is 0.367. The standard InChI is InChI=1S/C30H34ClN7O2/c1-3-19-12-14-21(15-13-19)18-38-25-24(22-10-7-11-23(31)16-22)33-28(26(32)34-30(39)40)35-27(25)36-29(38)37(2)17-20-8-5-4-6-9-20/h4-11,16,19,21H,3,12-15,17-18H2,1-2H3,(H2,32,34)(H,39,40). The summed E-state index contributed by atoms with van der Waals surface area (Å²) in [5.41, 5.74) is 9.72. The lowest BCUT2D eigenvalue weighted by molar-refractivity contribution is 0.205. The Bertz CT molecular complexity index is 1530. The molecule has 1 amide bonds. The van der Waals surface area contributed by atoms with Gasteiger partial charge in [0.05, 0.1) is 0 Å². The van der Waals surface area contributed by atoms with E-state index in [0.29, 0.717) is 28.8 Å². The third-order valence-electron chi connectivity index (χ3n) is 7.71. The predicted octanol–water partition coefficient (Wildman–Crippen LogP) is 6.38. The number of anilines is 1. The van der Waals surface area contributed by atoms with Crippen LogP contribution in [0.4, 0.5) is 10.7 Å². The number of amidine groups is 1. The van der Waals surface area contributed by atoms with Crippen LogP contribution in [0.2, 0.25) is 5.02 Å². The minimum absolute atomic E-state index is 0.00948. The van der Waals surface area contributed by atoms with E-state index in [-0.39, 0.29) is 11.7 Å². The van der Waals surface area contributed by atoms with Crippen LogP contribution in [0, 0.1) is 11.8 Å². The maximum absolute atomic E-state index is 11.3. The monoisotopic (exact) mass is 559 g/mol. The number of hydrogen-bond donors (Lipinski definition) is 2. The Kier molecular flexibility index (Phi) is 8.30. The van der Waals surface area contributed by atoms with Crippen molar-refractivity contribution in [2.75, 3.05) is 11.9 Å². The molecule has 4 aromatic rings. The maximum atomic E-state index is 11.3. The Morgan fingerprint density at radius 1 is 1.07 bits per heavy atom. The lowest BCUT2D eigenvalue weighted by Gasteiger charge is -2.29. The zero-order valence-corrected chi connectivity index (χ0v) is 23.6. The van der Waals surface area contributed by atoms with Gasteiger partial charge in [-0.1, -0.05) is 80.3 Å². The van der Waals surface area contributed by atoms with Crippen molar-refractivity contribution in [1.82, 2.24) is 19.5 Å². The van der Waals surface area contributed by atoms with Crippen LogP contribution < -0.4 is 10.6 Å². The van der Waals surface area contributed by atoms with Crippen molar-refractivity contribution in [3.8, 4) is 11.3 Å². The Balaban J connectivity index is 1.68. The van der Waals surface area contributed by atoms with Gasteiger partial charge in [0.1, 0.15) is 11.2 Å². The number of aromatic nitrogens is 4. The SMILES string of the molecule is CCC1CCC(Cn2c(N(C)Cc3ccccc3)nc3nc(/C(N)=N/C(=O)O)nc(-c4cccc(Cl)c4)c32)CC1. The van der Waals surface area contributed by atoms with Crippen LogP contribution >= 0.6 is 11.6 Å². The van der Waals surface area contributed by atoms with E-state index >= 15 is 0 Å². The second kappa shape index (κ2) is 12.0. The third kappa shape index (κ3) is 6.09. The topological polar surface area (TPSA) is 123 Å². The van der Waals surface area contributed by atoms with Crippen LogP contribution in [0.1, 0.15) is 50.4 Å². The largest absolute Gasteiger partial charge is 0.463 e. The first-order valence-corrected chi connectivity index (χ1v) is 14.1. The maximum Gasteiger partial charge on any atom is 0.433 e. The Morgan fingerprint density at radius 3 is 2.48 bits per heavy atom. The number of imidazole rings is 1. The highest BCUT2D eigenvalue weighted by atomic mass is 35.5. The average Bonchev–Trinajstić information content (AvgIpc) is 3.31. The van der Waals surface area contributed by atoms with Gasteiger partial charge >= 0.3 is 6.09 Å². The van der Waals surface area contributed by atoms with Crippen molar-refractivity contribution in [3.63, 3.8) is 0 Å². The molecule has 0 unspecified atom stereocenters. The summed E-state index contributed by atoms with van der Waals surface area (Å²) in [6.45, 7) is 3.70. The number of benzene rings is 2. The second-order valence-corrected chi connectivity index (χ2v) is 11.0. The summed E-state index contributed by atoms with van der Waals surface area (Å²) < 4.78 is 2.22. The van der Waals surface area contributed by atoms with E-state index in [1.807, 2.05) is 43.4 Å². The van der Waals surface area contributed by atoms with E-state index in [9.17, 15) is 9.90 Å². The molecule has 0 spiro atoms. The third-order valence-corrected chi connectivity index (χ3v) is 7.95. The summed E-state index contributed by atoms with van der Waals surface area (Å²) >= 11 is 6.39. The molecule has 1 aliphatic rings. The zero-order valence-electron chi connectivity index (χ0n) is 22.8. The number of hydrogen-bond acceptors (Lipinski definition) is 5. The van der Waals surface area contributed by atoms with Gasteiger partial charge in [-0.3, -0.25) is 0 Å². The molecular formula is C30H34ClN7O2. The van der Waals surface area contributed by atoms with E-state index in [1.165, 1.54) is 19.3 Å². The van der Waals surface area contributed by atoms with Gasteiger partial charge in [0.25, 0.3) is 0 Å². The summed E-state index contributed by atoms with van der Waals surface area (Å²) in [5, 5.41) is 9.75. The van der Waals surface area contributed by atoms with Crippen LogP contribution in [0.25, 0.3) is 22.4 Å². The molecule has 5 rings (SSSR count). The Morgan fingerprint density at radius 2 is 1.80 bits per heavy atom. The van der Waals surface area contributed by atoms with E-state index in [4.69, 9.17) is 27.3 Å². The minimum atomic E-state index is -1.41. The molecule has 2 heterocycles. The van der Waals surface area contributed by atoms with Crippen LogP contribution in [0.5, 0.6) is 0 Å². The van der Waals surface area contributed by atoms with Crippen molar-refractivity contribution in [1.29, 1.82) is 0 Å². The fourth-order valence-corrected chi connectivity index (χ4v) is 5.79. The molecule has 1 fully saturated rings. The predicted molar refractivity (Wildman–Crippen MR) is 159 cm³/mol. The summed E-state index contributed by atoms with van der Waals surface area (Å²) in [5.74, 6) is 1.77. The van der Waals surface area contributed by atoms with Gasteiger partial charge in [-0.15, -0.1) is 0 Å². The molecule has 2 aromatic heterocycles. The number of nitrogens with zero attached hydrogens (tertiary/aromatic N) is 6. The number of nitrogens with two attached hydrogens (primary N) is 1. The van der Waals surface area contributed by atoms with Crippen molar-refractivity contribution in [2.24, 2.45) is 22.6 Å². The molecule has 1 aliphatic carbocycles. The van der Waals surface area contributed by atoms with Gasteiger partial charge < -0.3 is 20.3 Å². The molecule has 0 aliphatic heterocycles. The minimum Gasteiger partial charge on any atom is -0.463 e. The van der Waals surface area contributed by atoms with Crippen LogP contribution in [0.15, 0.2) is 59.6 Å². The molecule has 0 bridgehead atoms. The molecule has 9 nitrogen and oxygen atoms in total. The van der Waals surface area contributed by atoms with E-state index in [2.05, 4.69) is 38.5 Å². The molecule has 208 valence electrons. The van der Waals surface area contributed by atoms with Gasteiger partial charge in [0.2, 0.25) is 5.95 Å². The number of halogens is 1. The van der Waals surface area contributed by atoms with Crippen LogP contribution in [-0.4, -0.2) is 43.6 Å². The number of fused-ring (bicyclic) bond motifs is 1. The van der Waals surface area contributed by atoms with E-state index in [1.54, 1.807) is 6.07 Å². The van der Waals surface area contributed by atoms with Gasteiger partial charge in [-0.2, -0.15) is 9.98 Å². The fourth-order valence-electron chi connectivity index (χ4n) is 5.60. The summed E-state index contributed by atoms with van der Waals surface area (Å²) in [6, 6.07) is 17.6. The molecule has 3 N–H and O–H groups in total. The van der Waals surface area contributed by atoms with Gasteiger partial charge in [0.15, 0.2) is 17.3 Å². The smallest absolute Gasteiger partial charge is 0.433 e. The summed E-state index contributed by atoms with van der Waals surface area (Å²) in [7, 11) is 2.02. The number of aliphatic imine (C=N–C) groups is 1. The van der Waals surface area contributed by atoms with Gasteiger partial charge in [-0.25, -0.2) is 14.8 Å². The highest BCUT2D eigenvalue weighted by Gasteiger charge is 2.27. The number of amides is 1. The quantitative estimate of drug-likeness (QED) is 0.189. The molecule has 40 heavy (non-hydrogen) atoms. The second-order valence-electron chi connectivity index (χ2n) is 10.5. The molecule has 0 saturated heterocycles. The molecule has 10 heteroatoms. The lowest BCUT2D eigenvalue weighted by atomic mass is 9.81. The molecule has 0 radical (unpaired) electrons. The normalized spacial score (nSPS) is 17.7. The first-order chi connectivity index (χ1) is 19.3. The van der Waals surface area contributed by atoms with Crippen LogP contribution in [-0.2, 0) is 13.1 Å². The Hall–Kier alpha value is -3.98. The number of rotatable bonds is 8. The van der Waals surface area contributed by atoms with Crippen molar-refractivity contribution >= 4 is 40.6 Å². The number of carbonyl (C=O) groups is 1. The average molecular weight is 560 g/mol. The molecular weight excluding hydrogens is 526 g/mol. The molecule has 2 aromatic carbocycles. The summed E-state index contributed by atoms with van der Waals surface area (Å²) in [4.78, 5) is 31.2. The highest BCUT2D eigenvalue weighted by Crippen LogP contribution is 2.36. The van der Waals surface area contributed by atoms with Crippen LogP contribution in [0.3, 0.4) is 0 Å². The highest BCUT2D eigenvalue weighted by molar-refractivity contribution is 6.30. The van der Waals surface area contributed by atoms with Crippen molar-refractivity contribution < 1.29 is 9.90 Å². The molecule has 0 atom stereocenters. The first-order valence-electron chi connectivity index (χ1n) is 13.7. The van der Waals surface area contributed by atoms with E-state index in [0.717, 1.165) is 47.9 Å².